The van der Waals surface area contributed by atoms with Crippen LogP contribution in [0.4, 0.5) is 13.2 Å². The summed E-state index contributed by atoms with van der Waals surface area (Å²) < 4.78 is 53.8. The van der Waals surface area contributed by atoms with Crippen LogP contribution < -0.4 is 0 Å². The molecule has 0 rings (SSSR count). The van der Waals surface area contributed by atoms with Gasteiger partial charge in [-0.2, -0.15) is 0 Å². The Hall–Kier alpha value is 0.470. The third-order valence-electron chi connectivity index (χ3n) is 0.467. The van der Waals surface area contributed by atoms with Gasteiger partial charge in [-0.1, -0.05) is 0 Å². The molecule has 0 bridgehead atoms. The van der Waals surface area contributed by atoms with Crippen molar-refractivity contribution in [3.8, 4) is 0 Å². The normalized spacial score (nSPS) is 16.1. The molecule has 9 heavy (non-hydrogen) atoms. The van der Waals surface area contributed by atoms with Crippen molar-refractivity contribution in [3.05, 3.63) is 0 Å². The molecule has 0 aromatic rings. The summed E-state index contributed by atoms with van der Waals surface area (Å²) in [5, 5.41) is 0. The quantitative estimate of drug-likeness (QED) is 0.562. The van der Waals surface area contributed by atoms with Crippen molar-refractivity contribution in [1.29, 1.82) is 0 Å². The van der Waals surface area contributed by atoms with E-state index in [1.54, 1.807) is 0 Å². The number of hydrogen-bond donors (Lipinski definition) is 0. The Labute approximate surface area is 61.9 Å². The van der Waals surface area contributed by atoms with Gasteiger partial charge in [0.1, 0.15) is 0 Å². The fraction of sp³-hybridized carbons (Fsp3) is 1.00. The molecule has 2 nitrogen and oxygen atoms in total. The van der Waals surface area contributed by atoms with Gasteiger partial charge in [-0.3, -0.25) is 0 Å². The second-order valence-electron chi connectivity index (χ2n) is 1.16. The van der Waals surface area contributed by atoms with Gasteiger partial charge in [0.15, 0.2) is 0 Å². The van der Waals surface area contributed by atoms with E-state index < -0.39 is 18.9 Å². The molecule has 7 heteroatoms. The van der Waals surface area contributed by atoms with Crippen LogP contribution in [0, 0.1) is 0 Å². The topological polar surface area (TPSA) is 34.1 Å². The maximum Gasteiger partial charge on any atom is 0.284 e. The number of alkyl halides is 3. The molecular formula is C2H2F3IO2S. The van der Waals surface area contributed by atoms with Crippen molar-refractivity contribution in [3.63, 3.8) is 0 Å². The van der Waals surface area contributed by atoms with Crippen LogP contribution in [0.5, 0.6) is 0 Å². The predicted molar refractivity (Wildman–Crippen MR) is 33.8 cm³/mol. The summed E-state index contributed by atoms with van der Waals surface area (Å²) in [6, 6.07) is 0. The molecule has 0 heterocycles. The van der Waals surface area contributed by atoms with E-state index in [2.05, 4.69) is 0 Å². The molecule has 0 amide bonds. The highest BCUT2D eigenvalue weighted by Crippen LogP contribution is 2.18. The summed E-state index contributed by atoms with van der Waals surface area (Å²) in [6.07, 6.45) is -3.45. The zero-order chi connectivity index (χ0) is 7.65. The molecule has 0 radical (unpaired) electrons. The molecule has 0 aromatic heterocycles. The van der Waals surface area contributed by atoms with Crippen molar-refractivity contribution < 1.29 is 21.6 Å². The molecule has 0 aromatic carbocycles. The average molecular weight is 274 g/mol. The first kappa shape index (κ1) is 9.47. The van der Waals surface area contributed by atoms with Crippen molar-refractivity contribution in [2.75, 3.05) is 0 Å². The van der Waals surface area contributed by atoms with E-state index in [1.165, 1.54) is 0 Å². The summed E-state index contributed by atoms with van der Waals surface area (Å²) in [5.74, 6) is 0. The molecule has 0 spiro atoms. The van der Waals surface area contributed by atoms with Crippen LogP contribution in [0.3, 0.4) is 0 Å². The third-order valence-corrected chi connectivity index (χ3v) is 2.67. The van der Waals surface area contributed by atoms with E-state index in [4.69, 9.17) is 0 Å². The van der Waals surface area contributed by atoms with Gasteiger partial charge in [-0.25, -0.2) is 21.6 Å². The lowest BCUT2D eigenvalue weighted by molar-refractivity contribution is 0.0917. The fourth-order valence-electron chi connectivity index (χ4n) is 0.123. The van der Waals surface area contributed by atoms with E-state index in [1.807, 2.05) is 0 Å². The zero-order valence-electron chi connectivity index (χ0n) is 3.89. The van der Waals surface area contributed by atoms with Gasteiger partial charge in [0.25, 0.3) is 11.9 Å². The number of hydrogen-bond acceptors (Lipinski definition) is 2. The molecule has 1 unspecified atom stereocenters. The van der Waals surface area contributed by atoms with Gasteiger partial charge < -0.3 is 0 Å². The monoisotopic (exact) mass is 274 g/mol. The highest BCUT2D eigenvalue weighted by molar-refractivity contribution is 14.2. The maximum atomic E-state index is 11.7. The van der Waals surface area contributed by atoms with Crippen molar-refractivity contribution >= 4 is 28.2 Å². The molecular weight excluding hydrogens is 272 g/mol. The summed E-state index contributed by atoms with van der Waals surface area (Å²) in [5.41, 5.74) is -3.06. The Balaban J connectivity index is 4.24. The Bertz CT molecular complexity index is 176. The lowest BCUT2D eigenvalue weighted by atomic mass is 10.8. The molecule has 56 valence electrons. The Morgan fingerprint density at radius 1 is 1.22 bits per heavy atom. The van der Waals surface area contributed by atoms with E-state index in [-0.39, 0.29) is 0 Å². The first-order chi connectivity index (χ1) is 3.85. The van der Waals surface area contributed by atoms with Crippen molar-refractivity contribution in [2.45, 2.75) is 11.9 Å². The summed E-state index contributed by atoms with van der Waals surface area (Å²) in [6.45, 7) is 0. The van der Waals surface area contributed by atoms with Crippen LogP contribution in [0.2, 0.25) is 0 Å². The lowest BCUT2D eigenvalue weighted by Gasteiger charge is -1.99. The number of halogens is 4. The lowest BCUT2D eigenvalue weighted by Crippen LogP contribution is -2.18. The van der Waals surface area contributed by atoms with Crippen LogP contribution >= 0.6 is 21.2 Å². The SMILES string of the molecule is O=S(=O)(I)C(F)C(F)F. The van der Waals surface area contributed by atoms with Gasteiger partial charge in [0, 0.05) is 0 Å². The molecule has 1 atom stereocenters. The smallest absolute Gasteiger partial charge is 0.223 e. The maximum absolute atomic E-state index is 11.7. The first-order valence-electron chi connectivity index (χ1n) is 1.71. The highest BCUT2D eigenvalue weighted by Gasteiger charge is 2.31. The van der Waals surface area contributed by atoms with Crippen LogP contribution in [0.15, 0.2) is 0 Å². The standard InChI is InChI=1S/C2H2F3IO2S/c3-1(4)2(5)9(6,7)8/h1-2H. The second-order valence-corrected chi connectivity index (χ2v) is 6.25. The van der Waals surface area contributed by atoms with Crippen LogP contribution in [0.25, 0.3) is 0 Å². The summed E-state index contributed by atoms with van der Waals surface area (Å²) in [4.78, 5) is 0. The van der Waals surface area contributed by atoms with Gasteiger partial charge in [-0.05, 0) is 0 Å². The zero-order valence-corrected chi connectivity index (χ0v) is 6.87. The van der Waals surface area contributed by atoms with E-state index in [0.717, 1.165) is 0 Å². The molecule has 0 fully saturated rings. The van der Waals surface area contributed by atoms with Gasteiger partial charge >= 0.3 is 0 Å². The van der Waals surface area contributed by atoms with Crippen LogP contribution in [-0.4, -0.2) is 20.3 Å². The number of rotatable bonds is 2. The van der Waals surface area contributed by atoms with Crippen molar-refractivity contribution in [2.24, 2.45) is 0 Å². The minimum atomic E-state index is -4.25. The molecule has 0 saturated carbocycles. The van der Waals surface area contributed by atoms with Crippen LogP contribution in [-0.2, 0) is 7.01 Å². The summed E-state index contributed by atoms with van der Waals surface area (Å²) in [7, 11) is -4.25. The first-order valence-corrected chi connectivity index (χ1v) is 5.80. The largest absolute Gasteiger partial charge is 0.284 e. The molecule has 0 aliphatic rings. The molecule has 0 saturated heterocycles. The second kappa shape index (κ2) is 3.04. The van der Waals surface area contributed by atoms with E-state index in [0.29, 0.717) is 21.2 Å². The van der Waals surface area contributed by atoms with E-state index >= 15 is 0 Å². The Morgan fingerprint density at radius 3 is 1.56 bits per heavy atom. The van der Waals surface area contributed by atoms with E-state index in [9.17, 15) is 21.6 Å². The average Bonchev–Trinajstić information content (AvgIpc) is 1.62. The third kappa shape index (κ3) is 3.23. The van der Waals surface area contributed by atoms with Gasteiger partial charge in [0.05, 0.1) is 21.2 Å². The highest BCUT2D eigenvalue weighted by atomic mass is 127. The molecule has 0 N–H and O–H groups in total. The Kier molecular flexibility index (Phi) is 3.20. The molecule has 0 aliphatic heterocycles. The Morgan fingerprint density at radius 2 is 1.56 bits per heavy atom. The molecule has 0 aliphatic carbocycles. The van der Waals surface area contributed by atoms with Gasteiger partial charge in [0.2, 0.25) is 7.01 Å². The predicted octanol–water partition coefficient (Wildman–Crippen LogP) is 1.31. The fourth-order valence-corrected chi connectivity index (χ4v) is 1.03. The van der Waals surface area contributed by atoms with Gasteiger partial charge in [-0.15, -0.1) is 0 Å². The van der Waals surface area contributed by atoms with Crippen molar-refractivity contribution in [1.82, 2.24) is 0 Å². The minimum absolute atomic E-state index is 0.635. The minimum Gasteiger partial charge on any atom is -0.223 e. The summed E-state index contributed by atoms with van der Waals surface area (Å²) >= 11 is 0.635. The van der Waals surface area contributed by atoms with Crippen LogP contribution in [0.1, 0.15) is 0 Å².